The van der Waals surface area contributed by atoms with Crippen molar-refractivity contribution in [2.45, 2.75) is 26.7 Å². The van der Waals surface area contributed by atoms with Crippen LogP contribution in [0, 0.1) is 6.92 Å². The van der Waals surface area contributed by atoms with Crippen molar-refractivity contribution in [2.75, 3.05) is 11.5 Å². The van der Waals surface area contributed by atoms with Crippen LogP contribution in [0.2, 0.25) is 0 Å². The molecule has 0 saturated heterocycles. The van der Waals surface area contributed by atoms with Gasteiger partial charge in [0.2, 0.25) is 0 Å². The van der Waals surface area contributed by atoms with Gasteiger partial charge in [-0.1, -0.05) is 6.92 Å². The van der Waals surface area contributed by atoms with Crippen LogP contribution in [-0.2, 0) is 9.84 Å². The highest BCUT2D eigenvalue weighted by molar-refractivity contribution is 7.91. The fraction of sp³-hybridized carbons (Fsp3) is 0.545. The molecule has 0 bridgehead atoms. The third kappa shape index (κ3) is 4.60. The first-order chi connectivity index (χ1) is 7.94. The lowest BCUT2D eigenvalue weighted by molar-refractivity contribution is 0.0977. The summed E-state index contributed by atoms with van der Waals surface area (Å²) in [6.07, 6.45) is 3.48. The molecule has 0 amide bonds. The number of hydrogen-bond acceptors (Lipinski definition) is 5. The number of carbonyl (C=O) groups excluding carboxylic acids is 1. The molecular weight excluding hydrogens is 240 g/mol. The molecule has 1 rings (SSSR count). The van der Waals surface area contributed by atoms with Crippen molar-refractivity contribution in [2.24, 2.45) is 0 Å². The Bertz CT molecular complexity index is 480. The van der Waals surface area contributed by atoms with Gasteiger partial charge in [-0.2, -0.15) is 0 Å². The van der Waals surface area contributed by atoms with Gasteiger partial charge in [0, 0.05) is 18.4 Å². The van der Waals surface area contributed by atoms with Crippen LogP contribution in [0.15, 0.2) is 12.4 Å². The normalized spacial score (nSPS) is 11.4. The molecule has 0 radical (unpaired) electrons. The number of aromatic nitrogens is 2. The fourth-order valence-electron chi connectivity index (χ4n) is 1.26. The number of hydrogen-bond donors (Lipinski definition) is 0. The van der Waals surface area contributed by atoms with Crippen molar-refractivity contribution in [3.05, 3.63) is 23.8 Å². The molecule has 0 atom stereocenters. The largest absolute Gasteiger partial charge is 0.292 e. The summed E-state index contributed by atoms with van der Waals surface area (Å²) < 4.78 is 22.4. The molecule has 1 heterocycles. The van der Waals surface area contributed by atoms with Crippen molar-refractivity contribution in [1.82, 2.24) is 9.97 Å². The molecule has 0 aliphatic carbocycles. The highest BCUT2D eigenvalue weighted by Gasteiger charge is 2.11. The summed E-state index contributed by atoms with van der Waals surface area (Å²) in [4.78, 5) is 19.6. The van der Waals surface area contributed by atoms with E-state index in [-0.39, 0.29) is 23.7 Å². The van der Waals surface area contributed by atoms with Gasteiger partial charge in [-0.05, 0) is 13.3 Å². The Morgan fingerprint density at radius 3 is 2.53 bits per heavy atom. The van der Waals surface area contributed by atoms with Gasteiger partial charge in [-0.3, -0.25) is 9.78 Å². The van der Waals surface area contributed by atoms with E-state index < -0.39 is 9.84 Å². The molecule has 1 aromatic heterocycles. The molecule has 0 aliphatic heterocycles. The fourth-order valence-corrected chi connectivity index (χ4v) is 2.13. The zero-order valence-corrected chi connectivity index (χ0v) is 10.8. The number of carbonyl (C=O) groups is 1. The highest BCUT2D eigenvalue weighted by Crippen LogP contribution is 2.04. The number of ketones is 1. The molecule has 0 saturated carbocycles. The van der Waals surface area contributed by atoms with Crippen molar-refractivity contribution in [3.63, 3.8) is 0 Å². The Morgan fingerprint density at radius 1 is 1.29 bits per heavy atom. The van der Waals surface area contributed by atoms with Crippen LogP contribution in [0.5, 0.6) is 0 Å². The number of rotatable bonds is 6. The number of Topliss-reactive ketones (excluding diaryl/α,β-unsaturated/α-hetero) is 1. The van der Waals surface area contributed by atoms with Gasteiger partial charge in [0.25, 0.3) is 0 Å². The van der Waals surface area contributed by atoms with Crippen LogP contribution in [-0.4, -0.2) is 35.7 Å². The Kier molecular flexibility index (Phi) is 4.74. The van der Waals surface area contributed by atoms with Gasteiger partial charge in [0.05, 0.1) is 17.6 Å². The van der Waals surface area contributed by atoms with E-state index in [4.69, 9.17) is 0 Å². The molecule has 0 spiro atoms. The first-order valence-corrected chi connectivity index (χ1v) is 7.29. The van der Waals surface area contributed by atoms with E-state index >= 15 is 0 Å². The predicted molar refractivity (Wildman–Crippen MR) is 64.7 cm³/mol. The third-order valence-electron chi connectivity index (χ3n) is 2.37. The van der Waals surface area contributed by atoms with Crippen LogP contribution in [0.4, 0.5) is 0 Å². The molecule has 0 N–H and O–H groups in total. The minimum atomic E-state index is -2.99. The molecule has 0 unspecified atom stereocenters. The second-order valence-electron chi connectivity index (χ2n) is 3.81. The number of aryl methyl sites for hydroxylation is 1. The monoisotopic (exact) mass is 256 g/mol. The van der Waals surface area contributed by atoms with Gasteiger partial charge in [-0.15, -0.1) is 0 Å². The van der Waals surface area contributed by atoms with Crippen molar-refractivity contribution in [1.29, 1.82) is 0 Å². The molecule has 0 aromatic carbocycles. The standard InChI is InChI=1S/C11H16N2O3S/c1-3-17(15,16)6-4-5-11(14)10-8-12-9(2)7-13-10/h7-8H,3-6H2,1-2H3. The Morgan fingerprint density at radius 2 is 2.00 bits per heavy atom. The van der Waals surface area contributed by atoms with E-state index in [1.54, 1.807) is 13.8 Å². The third-order valence-corrected chi connectivity index (χ3v) is 4.16. The van der Waals surface area contributed by atoms with Crippen molar-refractivity contribution in [3.8, 4) is 0 Å². The molecule has 94 valence electrons. The zero-order chi connectivity index (χ0) is 12.9. The summed E-state index contributed by atoms with van der Waals surface area (Å²) in [5.41, 5.74) is 1.04. The predicted octanol–water partition coefficient (Wildman–Crippen LogP) is 1.18. The highest BCUT2D eigenvalue weighted by atomic mass is 32.2. The Balaban J connectivity index is 2.48. The van der Waals surface area contributed by atoms with E-state index in [9.17, 15) is 13.2 Å². The molecule has 1 aromatic rings. The van der Waals surface area contributed by atoms with Crippen LogP contribution in [0.3, 0.4) is 0 Å². The topological polar surface area (TPSA) is 77.0 Å². The molecule has 0 fully saturated rings. The Labute approximate surface area is 101 Å². The first kappa shape index (κ1) is 13.8. The summed E-state index contributed by atoms with van der Waals surface area (Å²) in [6.45, 7) is 3.39. The summed E-state index contributed by atoms with van der Waals surface area (Å²) in [6, 6.07) is 0. The van der Waals surface area contributed by atoms with E-state index in [2.05, 4.69) is 9.97 Å². The van der Waals surface area contributed by atoms with E-state index in [0.717, 1.165) is 5.69 Å². The maximum Gasteiger partial charge on any atom is 0.182 e. The molecule has 6 heteroatoms. The van der Waals surface area contributed by atoms with E-state index in [0.29, 0.717) is 12.1 Å². The molecule has 5 nitrogen and oxygen atoms in total. The van der Waals surface area contributed by atoms with Crippen molar-refractivity contribution >= 4 is 15.6 Å². The second-order valence-corrected chi connectivity index (χ2v) is 6.28. The number of sulfone groups is 1. The van der Waals surface area contributed by atoms with Crippen LogP contribution < -0.4 is 0 Å². The number of nitrogens with zero attached hydrogens (tertiary/aromatic N) is 2. The van der Waals surface area contributed by atoms with Gasteiger partial charge in [0.15, 0.2) is 5.78 Å². The summed E-state index contributed by atoms with van der Waals surface area (Å²) in [7, 11) is -2.99. The van der Waals surface area contributed by atoms with E-state index in [1.165, 1.54) is 12.4 Å². The lowest BCUT2D eigenvalue weighted by Crippen LogP contribution is -2.11. The summed E-state index contributed by atoms with van der Waals surface area (Å²) in [5, 5.41) is 0. The van der Waals surface area contributed by atoms with Crippen LogP contribution in [0.25, 0.3) is 0 Å². The lowest BCUT2D eigenvalue weighted by atomic mass is 10.2. The van der Waals surface area contributed by atoms with Gasteiger partial charge in [0.1, 0.15) is 15.5 Å². The molecule has 17 heavy (non-hydrogen) atoms. The maximum atomic E-state index is 11.6. The van der Waals surface area contributed by atoms with Gasteiger partial charge < -0.3 is 0 Å². The average Bonchev–Trinajstić information content (AvgIpc) is 2.29. The zero-order valence-electron chi connectivity index (χ0n) is 10.0. The van der Waals surface area contributed by atoms with Crippen LogP contribution >= 0.6 is 0 Å². The summed E-state index contributed by atoms with van der Waals surface area (Å²) in [5.74, 6) is 0.00358. The van der Waals surface area contributed by atoms with Gasteiger partial charge in [-0.25, -0.2) is 13.4 Å². The SMILES string of the molecule is CCS(=O)(=O)CCCC(=O)c1cnc(C)cn1. The van der Waals surface area contributed by atoms with Crippen LogP contribution in [0.1, 0.15) is 35.9 Å². The first-order valence-electron chi connectivity index (χ1n) is 5.47. The minimum Gasteiger partial charge on any atom is -0.292 e. The van der Waals surface area contributed by atoms with Gasteiger partial charge >= 0.3 is 0 Å². The molecular formula is C11H16N2O3S. The Hall–Kier alpha value is -1.30. The minimum absolute atomic E-state index is 0.0501. The maximum absolute atomic E-state index is 11.6. The van der Waals surface area contributed by atoms with E-state index in [1.807, 2.05) is 0 Å². The quantitative estimate of drug-likeness (QED) is 0.714. The summed E-state index contributed by atoms with van der Waals surface area (Å²) >= 11 is 0. The smallest absolute Gasteiger partial charge is 0.182 e. The lowest BCUT2D eigenvalue weighted by Gasteiger charge is -2.01. The van der Waals surface area contributed by atoms with Crippen molar-refractivity contribution < 1.29 is 13.2 Å². The molecule has 0 aliphatic rings. The average molecular weight is 256 g/mol. The second kappa shape index (κ2) is 5.86.